The smallest absolute Gasteiger partial charge is 0.254 e. The average molecular weight is 635 g/mol. The molecular formula is C30H18CoF6N6+2. The molecule has 0 amide bonds. The maximum atomic E-state index is 12.8. The first-order valence-electron chi connectivity index (χ1n) is 12.0. The topological polar surface area (TPSA) is 77.3 Å². The summed E-state index contributed by atoms with van der Waals surface area (Å²) in [6.45, 7) is 0. The third-order valence-electron chi connectivity index (χ3n) is 5.12. The van der Waals surface area contributed by atoms with E-state index in [4.69, 9.17) is 0 Å². The summed E-state index contributed by atoms with van der Waals surface area (Å²) in [6, 6.07) is 14.6. The van der Waals surface area contributed by atoms with Crippen molar-refractivity contribution in [3.8, 4) is 34.2 Å². The number of hydrogen-bond donors (Lipinski definition) is 0. The van der Waals surface area contributed by atoms with Crippen LogP contribution in [0.25, 0.3) is 34.2 Å². The molecule has 0 fully saturated rings. The molecule has 0 unspecified atom stereocenters. The molecule has 0 aromatic carbocycles. The number of nitrogens with zero attached hydrogens (tertiary/aromatic N) is 6. The maximum Gasteiger partial charge on any atom is 2.00 e. The minimum Gasteiger partial charge on any atom is -0.254 e. The monoisotopic (exact) mass is 635 g/mol. The van der Waals surface area contributed by atoms with Gasteiger partial charge < -0.3 is 0 Å². The van der Waals surface area contributed by atoms with Gasteiger partial charge in [0.05, 0.1) is 34.2 Å². The number of pyridine rings is 6. The quantitative estimate of drug-likeness (QED) is 0.191. The van der Waals surface area contributed by atoms with E-state index in [2.05, 4.69) is 29.9 Å². The van der Waals surface area contributed by atoms with Gasteiger partial charge in [0, 0.05) is 73.6 Å². The number of halogens is 6. The fourth-order valence-electron chi connectivity index (χ4n) is 3.27. The fourth-order valence-corrected chi connectivity index (χ4v) is 3.27. The Hall–Kier alpha value is -5.01. The van der Waals surface area contributed by atoms with Gasteiger partial charge in [-0.15, -0.1) is 0 Å². The van der Waals surface area contributed by atoms with Gasteiger partial charge in [0.1, 0.15) is 34.9 Å². The maximum absolute atomic E-state index is 12.8. The zero-order valence-electron chi connectivity index (χ0n) is 21.7. The first-order chi connectivity index (χ1) is 20.3. The molecule has 0 bridgehead atoms. The zero-order valence-corrected chi connectivity index (χ0v) is 22.7. The normalized spacial score (nSPS) is 9.91. The van der Waals surface area contributed by atoms with Gasteiger partial charge in [-0.3, -0.25) is 29.9 Å². The predicted molar refractivity (Wildman–Crippen MR) is 142 cm³/mol. The van der Waals surface area contributed by atoms with E-state index >= 15 is 0 Å². The van der Waals surface area contributed by atoms with Gasteiger partial charge in [0.25, 0.3) is 0 Å². The van der Waals surface area contributed by atoms with E-state index in [1.54, 1.807) is 0 Å². The van der Waals surface area contributed by atoms with E-state index in [0.717, 1.165) is 0 Å². The van der Waals surface area contributed by atoms with Gasteiger partial charge in [-0.1, -0.05) is 0 Å². The van der Waals surface area contributed by atoms with Gasteiger partial charge >= 0.3 is 16.8 Å². The average Bonchev–Trinajstić information content (AvgIpc) is 2.98. The summed E-state index contributed by atoms with van der Waals surface area (Å²) < 4.78 is 76.8. The van der Waals surface area contributed by atoms with Gasteiger partial charge in [-0.2, -0.15) is 0 Å². The molecule has 0 aliphatic rings. The van der Waals surface area contributed by atoms with Crippen LogP contribution in [-0.4, -0.2) is 29.9 Å². The number of hydrogen-bond acceptors (Lipinski definition) is 6. The molecule has 6 heterocycles. The zero-order chi connectivity index (χ0) is 29.9. The molecule has 43 heavy (non-hydrogen) atoms. The Kier molecular flexibility index (Phi) is 12.0. The molecule has 0 spiro atoms. The third-order valence-corrected chi connectivity index (χ3v) is 5.12. The van der Waals surface area contributed by atoms with E-state index in [0.29, 0.717) is 34.2 Å². The largest absolute Gasteiger partial charge is 2.00 e. The van der Waals surface area contributed by atoms with Crippen molar-refractivity contribution in [2.24, 2.45) is 0 Å². The number of aromatic nitrogens is 6. The van der Waals surface area contributed by atoms with Gasteiger partial charge in [-0.05, 0) is 36.4 Å². The second-order valence-corrected chi connectivity index (χ2v) is 8.16. The Bertz CT molecular complexity index is 1460. The van der Waals surface area contributed by atoms with Crippen molar-refractivity contribution in [2.75, 3.05) is 0 Å². The summed E-state index contributed by atoms with van der Waals surface area (Å²) in [5.41, 5.74) is 1.94. The van der Waals surface area contributed by atoms with Crippen LogP contribution in [0.5, 0.6) is 0 Å². The molecule has 6 aromatic rings. The summed E-state index contributed by atoms with van der Waals surface area (Å²) in [5.74, 6) is -2.49. The van der Waals surface area contributed by atoms with Crippen molar-refractivity contribution in [3.05, 3.63) is 145 Å². The van der Waals surface area contributed by atoms with Crippen LogP contribution in [0.4, 0.5) is 26.3 Å². The van der Waals surface area contributed by atoms with Crippen molar-refractivity contribution < 1.29 is 43.1 Å². The van der Waals surface area contributed by atoms with Crippen LogP contribution in [0, 0.1) is 34.9 Å². The Labute approximate surface area is 251 Å². The molecule has 217 valence electrons. The SMILES string of the molecule is Fc1ccnc(-c2cc(F)ccn2)c1.Fc1ccnc(-c2cc(F)ccn2)c1.Fc1ccnc(-c2cc(F)ccn2)c1.[Co+2]. The molecule has 0 saturated heterocycles. The van der Waals surface area contributed by atoms with Crippen molar-refractivity contribution in [2.45, 2.75) is 0 Å². The number of rotatable bonds is 3. The fraction of sp³-hybridized carbons (Fsp3) is 0. The second-order valence-electron chi connectivity index (χ2n) is 8.16. The van der Waals surface area contributed by atoms with E-state index in [9.17, 15) is 26.3 Å². The molecule has 0 atom stereocenters. The van der Waals surface area contributed by atoms with Crippen molar-refractivity contribution in [1.82, 2.24) is 29.9 Å². The third kappa shape index (κ3) is 10.1. The van der Waals surface area contributed by atoms with Crippen LogP contribution in [0.3, 0.4) is 0 Å². The Balaban J connectivity index is 0.000000175. The molecule has 0 aliphatic heterocycles. The molecular weight excluding hydrogens is 617 g/mol. The van der Waals surface area contributed by atoms with E-state index in [1.165, 1.54) is 110 Å². The molecule has 6 aromatic heterocycles. The molecule has 0 saturated carbocycles. The predicted octanol–water partition coefficient (Wildman–Crippen LogP) is 7.26. The molecule has 0 N–H and O–H groups in total. The summed E-state index contributed by atoms with van der Waals surface area (Å²) in [7, 11) is 0. The molecule has 0 aliphatic carbocycles. The first-order valence-corrected chi connectivity index (χ1v) is 12.0. The van der Waals surface area contributed by atoms with Crippen LogP contribution in [0.2, 0.25) is 0 Å². The van der Waals surface area contributed by atoms with E-state index in [-0.39, 0.29) is 16.8 Å². The van der Waals surface area contributed by atoms with Gasteiger partial charge in [-0.25, -0.2) is 26.3 Å². The van der Waals surface area contributed by atoms with Crippen molar-refractivity contribution in [3.63, 3.8) is 0 Å². The van der Waals surface area contributed by atoms with Gasteiger partial charge in [0.2, 0.25) is 0 Å². The Morgan fingerprint density at radius 3 is 0.535 bits per heavy atom. The Morgan fingerprint density at radius 2 is 0.419 bits per heavy atom. The summed E-state index contributed by atoms with van der Waals surface area (Å²) >= 11 is 0. The standard InChI is InChI=1S/3C10H6F2N2.Co/c3*11-7-1-3-13-9(5-7)10-6-8(12)2-4-14-10;/h3*1-6H;/q;;;+2. The van der Waals surface area contributed by atoms with Crippen LogP contribution < -0.4 is 0 Å². The second kappa shape index (κ2) is 15.8. The van der Waals surface area contributed by atoms with Crippen LogP contribution in [0.15, 0.2) is 110 Å². The summed E-state index contributed by atoms with van der Waals surface area (Å²) in [5, 5.41) is 0. The molecule has 1 radical (unpaired) electrons. The van der Waals surface area contributed by atoms with Crippen molar-refractivity contribution in [1.29, 1.82) is 0 Å². The molecule has 6 rings (SSSR count). The van der Waals surface area contributed by atoms with E-state index < -0.39 is 34.9 Å². The molecule has 6 nitrogen and oxygen atoms in total. The summed E-state index contributed by atoms with van der Waals surface area (Å²) in [4.78, 5) is 23.3. The van der Waals surface area contributed by atoms with Crippen LogP contribution in [-0.2, 0) is 16.8 Å². The molecule has 13 heteroatoms. The van der Waals surface area contributed by atoms with E-state index in [1.807, 2.05) is 0 Å². The summed E-state index contributed by atoms with van der Waals surface area (Å²) in [6.07, 6.45) is 7.90. The minimum atomic E-state index is -0.416. The van der Waals surface area contributed by atoms with Crippen LogP contribution in [0.1, 0.15) is 0 Å². The van der Waals surface area contributed by atoms with Crippen LogP contribution >= 0.6 is 0 Å². The first kappa shape index (κ1) is 32.5. The minimum absolute atomic E-state index is 0. The van der Waals surface area contributed by atoms with Gasteiger partial charge in [0.15, 0.2) is 0 Å². The van der Waals surface area contributed by atoms with Crippen molar-refractivity contribution >= 4 is 0 Å². The Morgan fingerprint density at radius 1 is 0.279 bits per heavy atom.